The number of rotatable bonds is 7. The number of carbonyl (C=O) groups is 1. The zero-order chi connectivity index (χ0) is 28.7. The molecule has 2 N–H and O–H groups in total. The number of piperidine rings is 1. The molecule has 5 atom stereocenters. The molecule has 3 heterocycles. The molecule has 9 heteroatoms. The van der Waals surface area contributed by atoms with Gasteiger partial charge in [-0.3, -0.25) is 9.59 Å². The van der Waals surface area contributed by atoms with Crippen LogP contribution in [0.3, 0.4) is 0 Å². The number of ether oxygens (including phenoxy) is 1. The molecule has 2 unspecified atom stereocenters. The molecular formula is C31H46N4O3P2. The zero-order valence-electron chi connectivity index (χ0n) is 24.5. The van der Waals surface area contributed by atoms with Crippen molar-refractivity contribution in [1.29, 1.82) is 0 Å². The van der Waals surface area contributed by atoms with Crippen LogP contribution in [0.4, 0.5) is 5.69 Å². The number of benzene rings is 1. The topological polar surface area (TPSA) is 75.6 Å². The van der Waals surface area contributed by atoms with Crippen molar-refractivity contribution in [3.05, 3.63) is 63.1 Å². The molecule has 3 fully saturated rings. The first kappa shape index (κ1) is 29.7. The Labute approximate surface area is 243 Å². The number of carbonyl (C=O) groups excluding carboxylic acids is 1. The second kappa shape index (κ2) is 11.8. The van der Waals surface area contributed by atoms with E-state index in [0.29, 0.717) is 24.5 Å². The number of pyridine rings is 1. The summed E-state index contributed by atoms with van der Waals surface area (Å²) in [6.07, 6.45) is 7.97. The Kier molecular flexibility index (Phi) is 8.79. The van der Waals surface area contributed by atoms with Crippen LogP contribution in [0.15, 0.2) is 35.3 Å². The van der Waals surface area contributed by atoms with Gasteiger partial charge in [-0.1, -0.05) is 18.2 Å². The molecule has 1 aliphatic carbocycles. The Morgan fingerprint density at radius 2 is 1.95 bits per heavy atom. The Morgan fingerprint density at radius 1 is 1.20 bits per heavy atom. The van der Waals surface area contributed by atoms with E-state index >= 15 is 0 Å². The maximum atomic E-state index is 14.0. The molecule has 0 bridgehead atoms. The second-order valence-corrected chi connectivity index (χ2v) is 15.7. The van der Waals surface area contributed by atoms with Crippen LogP contribution in [0, 0.1) is 12.3 Å². The summed E-state index contributed by atoms with van der Waals surface area (Å²) in [5.41, 5.74) is 4.83. The van der Waals surface area contributed by atoms with Crippen molar-refractivity contribution in [3.8, 4) is 0 Å². The van der Waals surface area contributed by atoms with E-state index in [2.05, 4.69) is 73.1 Å². The van der Waals surface area contributed by atoms with Crippen LogP contribution < -0.4 is 16.2 Å². The van der Waals surface area contributed by atoms with E-state index < -0.39 is 0 Å². The molecule has 2 aliphatic heterocycles. The van der Waals surface area contributed by atoms with Crippen molar-refractivity contribution in [2.24, 2.45) is 5.41 Å². The first-order chi connectivity index (χ1) is 19.0. The van der Waals surface area contributed by atoms with Crippen LogP contribution in [-0.2, 0) is 9.63 Å². The summed E-state index contributed by atoms with van der Waals surface area (Å²) in [6, 6.07) is 8.06. The highest BCUT2D eigenvalue weighted by Gasteiger charge is 2.48. The van der Waals surface area contributed by atoms with E-state index in [1.807, 2.05) is 6.92 Å². The first-order valence-electron chi connectivity index (χ1n) is 14.8. The van der Waals surface area contributed by atoms with E-state index in [1.54, 1.807) is 16.8 Å². The van der Waals surface area contributed by atoms with Gasteiger partial charge in [0.05, 0.1) is 17.3 Å². The highest BCUT2D eigenvalue weighted by Crippen LogP contribution is 2.49. The summed E-state index contributed by atoms with van der Waals surface area (Å²) in [6.45, 7) is 9.76. The average molecular weight is 585 g/mol. The third kappa shape index (κ3) is 6.04. The van der Waals surface area contributed by atoms with E-state index in [9.17, 15) is 9.59 Å². The minimum atomic E-state index is -0.192. The fourth-order valence-corrected chi connectivity index (χ4v) is 7.78. The molecule has 1 saturated carbocycles. The number of anilines is 1. The molecule has 1 aromatic carbocycles. The number of hydrogen-bond donors (Lipinski definition) is 2. The van der Waals surface area contributed by atoms with Gasteiger partial charge in [0.25, 0.3) is 11.5 Å². The van der Waals surface area contributed by atoms with Gasteiger partial charge in [-0.25, -0.2) is 0 Å². The summed E-state index contributed by atoms with van der Waals surface area (Å²) in [4.78, 5) is 29.6. The minimum Gasteiger partial charge on any atom is -0.381 e. The van der Waals surface area contributed by atoms with E-state index in [-0.39, 0.29) is 39.9 Å². The van der Waals surface area contributed by atoms with Crippen LogP contribution in [0.2, 0.25) is 0 Å². The van der Waals surface area contributed by atoms with Gasteiger partial charge in [0.2, 0.25) is 0 Å². The van der Waals surface area contributed by atoms with Gasteiger partial charge in [-0.15, -0.1) is 18.5 Å². The number of nitrogens with one attached hydrogen (secondary N) is 2. The van der Waals surface area contributed by atoms with Gasteiger partial charge in [-0.2, -0.15) is 0 Å². The van der Waals surface area contributed by atoms with Crippen molar-refractivity contribution in [2.75, 3.05) is 38.7 Å². The largest absolute Gasteiger partial charge is 0.381 e. The zero-order valence-corrected chi connectivity index (χ0v) is 26.8. The Bertz CT molecular complexity index is 1300. The summed E-state index contributed by atoms with van der Waals surface area (Å²) < 4.78 is 7.30. The molecule has 218 valence electrons. The molecule has 1 aromatic heterocycles. The van der Waals surface area contributed by atoms with E-state index in [1.165, 1.54) is 30.4 Å². The maximum absolute atomic E-state index is 14.0. The fourth-order valence-electron chi connectivity index (χ4n) is 7.15. The summed E-state index contributed by atoms with van der Waals surface area (Å²) in [5, 5.41) is 6.97. The number of hydrogen-bond acceptors (Lipinski definition) is 5. The normalized spacial score (nSPS) is 24.9. The van der Waals surface area contributed by atoms with Gasteiger partial charge in [0.1, 0.15) is 0 Å². The van der Waals surface area contributed by atoms with Crippen molar-refractivity contribution in [3.63, 3.8) is 0 Å². The van der Waals surface area contributed by atoms with Crippen molar-refractivity contribution in [2.45, 2.75) is 82.3 Å². The van der Waals surface area contributed by atoms with Crippen LogP contribution >= 0.6 is 18.5 Å². The smallest absolute Gasteiger partial charge is 0.255 e. The highest BCUT2D eigenvalue weighted by atomic mass is 31.1. The number of nitrogens with zero attached hydrogens (tertiary/aromatic N) is 2. The average Bonchev–Trinajstić information content (AvgIpc) is 2.91. The van der Waals surface area contributed by atoms with Gasteiger partial charge >= 0.3 is 0 Å². The molecule has 40 heavy (non-hydrogen) atoms. The van der Waals surface area contributed by atoms with Crippen molar-refractivity contribution < 1.29 is 9.53 Å². The summed E-state index contributed by atoms with van der Waals surface area (Å²) in [5.74, 6) is -0.158. The van der Waals surface area contributed by atoms with E-state index in [0.717, 1.165) is 37.9 Å². The Hall–Kier alpha value is -1.78. The monoisotopic (exact) mass is 584 g/mol. The lowest BCUT2D eigenvalue weighted by Crippen LogP contribution is -2.57. The SMILES string of the molecule is Cc1c([C@@H](C)NC(=O)c2cn(C3CCOCC3)c(=O)cc2N[C@H]2CC[C@]23CCCN(C)C3)cccc1C(C)(P)P. The second-order valence-electron chi connectivity index (χ2n) is 12.6. The molecule has 3 aliphatic rings. The lowest BCUT2D eigenvalue weighted by Gasteiger charge is -2.54. The van der Waals surface area contributed by atoms with Gasteiger partial charge < -0.3 is 24.8 Å². The van der Waals surface area contributed by atoms with Gasteiger partial charge in [0, 0.05) is 54.4 Å². The number of amides is 1. The molecular weight excluding hydrogens is 538 g/mol. The minimum absolute atomic E-state index is 0.0435. The van der Waals surface area contributed by atoms with Crippen molar-refractivity contribution >= 4 is 30.1 Å². The Balaban J connectivity index is 1.45. The number of likely N-dealkylation sites (tertiary alicyclic amines) is 1. The van der Waals surface area contributed by atoms with Crippen molar-refractivity contribution in [1.82, 2.24) is 14.8 Å². The molecule has 7 nitrogen and oxygen atoms in total. The molecule has 5 rings (SSSR count). The molecule has 2 saturated heterocycles. The van der Waals surface area contributed by atoms with Crippen LogP contribution in [-0.4, -0.2) is 54.8 Å². The maximum Gasteiger partial charge on any atom is 0.255 e. The predicted octanol–water partition coefficient (Wildman–Crippen LogP) is 5.21. The summed E-state index contributed by atoms with van der Waals surface area (Å²) in [7, 11) is 7.96. The molecule has 1 spiro atoms. The molecule has 2 aromatic rings. The van der Waals surface area contributed by atoms with Crippen LogP contribution in [0.1, 0.15) is 91.5 Å². The highest BCUT2D eigenvalue weighted by molar-refractivity contribution is 7.38. The molecule has 0 radical (unpaired) electrons. The number of aromatic nitrogens is 1. The standard InChI is InChI=1S/C31H46N4O3P2/c1-20-23(7-5-8-25(20)30(3,39)40)21(2)32-29(37)24-18-35(22-10-15-38-16-11-22)28(36)17-26(24)33-27-9-13-31(27)12-6-14-34(4)19-31/h5,7-8,17-18,21-22,27,33H,6,9-16,19,39-40H2,1-4H3,(H,32,37)/t21-,27+,31+/m1/s1. The fraction of sp³-hybridized carbons (Fsp3) is 0.613. The van der Waals surface area contributed by atoms with Gasteiger partial charge in [-0.05, 0) is 89.6 Å². The lowest BCUT2D eigenvalue weighted by molar-refractivity contribution is 0.0175. The lowest BCUT2D eigenvalue weighted by atomic mass is 9.60. The third-order valence-corrected chi connectivity index (χ3v) is 10.1. The Morgan fingerprint density at radius 3 is 2.60 bits per heavy atom. The predicted molar refractivity (Wildman–Crippen MR) is 169 cm³/mol. The summed E-state index contributed by atoms with van der Waals surface area (Å²) >= 11 is 0. The van der Waals surface area contributed by atoms with Crippen LogP contribution in [0.5, 0.6) is 0 Å². The van der Waals surface area contributed by atoms with Gasteiger partial charge in [0.15, 0.2) is 0 Å². The first-order valence-corrected chi connectivity index (χ1v) is 15.9. The van der Waals surface area contributed by atoms with E-state index in [4.69, 9.17) is 4.74 Å². The van der Waals surface area contributed by atoms with Crippen LogP contribution in [0.25, 0.3) is 0 Å². The molecule has 1 amide bonds. The third-order valence-electron chi connectivity index (χ3n) is 9.48. The quantitative estimate of drug-likeness (QED) is 0.438.